The van der Waals surface area contributed by atoms with Crippen LogP contribution in [0.3, 0.4) is 0 Å². The molecule has 1 aliphatic rings. The first-order chi connectivity index (χ1) is 17.7. The number of carbonyl (C=O) groups excluding carboxylic acids is 1. The normalized spacial score (nSPS) is 19.7. The van der Waals surface area contributed by atoms with Gasteiger partial charge in [-0.1, -0.05) is 48.0 Å². The summed E-state index contributed by atoms with van der Waals surface area (Å²) in [6.07, 6.45) is 0.573. The highest BCUT2D eigenvalue weighted by atomic mass is 32.2. The van der Waals surface area contributed by atoms with Crippen molar-refractivity contribution in [1.29, 1.82) is 0 Å². The van der Waals surface area contributed by atoms with E-state index in [0.29, 0.717) is 35.1 Å². The number of aryl methyl sites for hydroxylation is 2. The van der Waals surface area contributed by atoms with E-state index in [4.69, 9.17) is 9.47 Å². The number of pyridine rings is 1. The fourth-order valence-corrected chi connectivity index (χ4v) is 6.68. The van der Waals surface area contributed by atoms with Crippen LogP contribution in [-0.4, -0.2) is 32.0 Å². The molecule has 6 nitrogen and oxygen atoms in total. The van der Waals surface area contributed by atoms with Gasteiger partial charge in [0.1, 0.15) is 11.5 Å². The number of hydrogen-bond acceptors (Lipinski definition) is 6. The summed E-state index contributed by atoms with van der Waals surface area (Å²) in [5.41, 5.74) is 2.34. The van der Waals surface area contributed by atoms with Crippen LogP contribution >= 0.6 is 0 Å². The Morgan fingerprint density at radius 2 is 1.81 bits per heavy atom. The molecule has 7 heteroatoms. The predicted octanol–water partition coefficient (Wildman–Crippen LogP) is 5.65. The molecule has 2 heterocycles. The van der Waals surface area contributed by atoms with E-state index in [1.54, 1.807) is 30.3 Å². The zero-order chi connectivity index (χ0) is 26.2. The number of methoxy groups -OCH3 is 1. The van der Waals surface area contributed by atoms with Crippen LogP contribution in [0.25, 0.3) is 10.9 Å². The van der Waals surface area contributed by atoms with Crippen molar-refractivity contribution in [2.24, 2.45) is 0 Å². The number of ether oxygens (including phenoxy) is 2. The first kappa shape index (κ1) is 25.1. The summed E-state index contributed by atoms with van der Waals surface area (Å²) < 4.78 is 39.6. The van der Waals surface area contributed by atoms with E-state index < -0.39 is 27.0 Å². The largest absolute Gasteiger partial charge is 0.496 e. The van der Waals surface area contributed by atoms with E-state index in [1.165, 1.54) is 13.2 Å². The smallest absolute Gasteiger partial charge is 0.186 e. The van der Waals surface area contributed by atoms with Crippen molar-refractivity contribution in [1.82, 2.24) is 4.98 Å². The second-order valence-corrected chi connectivity index (χ2v) is 11.5. The van der Waals surface area contributed by atoms with Gasteiger partial charge in [0, 0.05) is 16.6 Å². The summed E-state index contributed by atoms with van der Waals surface area (Å²) in [7, 11) is -2.47. The molecule has 190 valence electrons. The van der Waals surface area contributed by atoms with Crippen LogP contribution in [0.15, 0.2) is 83.8 Å². The lowest BCUT2D eigenvalue weighted by atomic mass is 9.85. The number of carbonyl (C=O) groups is 1. The third-order valence-corrected chi connectivity index (χ3v) is 8.67. The number of Topliss-reactive ketones (excluding diaryl/α,β-unsaturated/α-hetero) is 1. The Labute approximate surface area is 217 Å². The molecule has 0 bridgehead atoms. The minimum Gasteiger partial charge on any atom is -0.496 e. The first-order valence-electron chi connectivity index (χ1n) is 12.2. The second kappa shape index (κ2) is 9.72. The average molecular weight is 516 g/mol. The van der Waals surface area contributed by atoms with Gasteiger partial charge in [0.2, 0.25) is 0 Å². The van der Waals surface area contributed by atoms with Gasteiger partial charge >= 0.3 is 0 Å². The fourth-order valence-electron chi connectivity index (χ4n) is 5.16. The van der Waals surface area contributed by atoms with Crippen LogP contribution in [-0.2, 0) is 25.0 Å². The van der Waals surface area contributed by atoms with Gasteiger partial charge in [0.25, 0.3) is 0 Å². The Hall–Kier alpha value is -3.55. The van der Waals surface area contributed by atoms with Crippen LogP contribution < -0.4 is 4.74 Å². The van der Waals surface area contributed by atoms with Gasteiger partial charge in [-0.05, 0) is 68.7 Å². The topological polar surface area (TPSA) is 82.6 Å². The molecule has 37 heavy (non-hydrogen) atoms. The van der Waals surface area contributed by atoms with Crippen LogP contribution in [0, 0.1) is 13.8 Å². The Bertz CT molecular complexity index is 1580. The first-order valence-corrected chi connectivity index (χ1v) is 13.9. The fraction of sp³-hybridized carbons (Fsp3) is 0.267. The minimum absolute atomic E-state index is 0.0924. The van der Waals surface area contributed by atoms with E-state index in [2.05, 4.69) is 4.98 Å². The number of ketones is 1. The Morgan fingerprint density at radius 1 is 1.03 bits per heavy atom. The second-order valence-electron chi connectivity index (χ2n) is 9.54. The van der Waals surface area contributed by atoms with E-state index in [1.807, 2.05) is 56.3 Å². The van der Waals surface area contributed by atoms with Crippen molar-refractivity contribution >= 4 is 26.5 Å². The van der Waals surface area contributed by atoms with Gasteiger partial charge in [-0.3, -0.25) is 9.78 Å². The van der Waals surface area contributed by atoms with Crippen LogP contribution in [0.2, 0.25) is 0 Å². The number of fused-ring (bicyclic) bond motifs is 1. The molecule has 3 aromatic carbocycles. The van der Waals surface area contributed by atoms with E-state index in [0.717, 1.165) is 16.8 Å². The average Bonchev–Trinajstić information content (AvgIpc) is 3.35. The lowest BCUT2D eigenvalue weighted by Gasteiger charge is -2.30. The molecule has 2 atom stereocenters. The lowest BCUT2D eigenvalue weighted by molar-refractivity contribution is -0.142. The van der Waals surface area contributed by atoms with Crippen molar-refractivity contribution in [2.75, 3.05) is 12.9 Å². The summed E-state index contributed by atoms with van der Waals surface area (Å²) in [4.78, 5) is 18.7. The van der Waals surface area contributed by atoms with Crippen molar-refractivity contribution < 1.29 is 22.7 Å². The molecule has 0 N–H and O–H groups in total. The molecule has 1 saturated heterocycles. The Morgan fingerprint density at radius 3 is 2.57 bits per heavy atom. The number of aromatic nitrogens is 1. The molecule has 0 amide bonds. The van der Waals surface area contributed by atoms with Gasteiger partial charge in [-0.15, -0.1) is 0 Å². The molecule has 1 aromatic heterocycles. The lowest BCUT2D eigenvalue weighted by Crippen LogP contribution is -2.40. The van der Waals surface area contributed by atoms with Crippen LogP contribution in [0.5, 0.6) is 5.75 Å². The molecule has 5 rings (SSSR count). The molecule has 1 aliphatic heterocycles. The maximum Gasteiger partial charge on any atom is 0.186 e. The zero-order valence-electron chi connectivity index (χ0n) is 21.1. The monoisotopic (exact) mass is 515 g/mol. The molecule has 0 saturated carbocycles. The van der Waals surface area contributed by atoms with Crippen molar-refractivity contribution in [3.8, 4) is 5.75 Å². The zero-order valence-corrected chi connectivity index (χ0v) is 21.9. The summed E-state index contributed by atoms with van der Waals surface area (Å²) in [5.74, 6) is -0.708. The molecular formula is C30H29NO5S. The third-order valence-electron chi connectivity index (χ3n) is 7.00. The number of hydrogen-bond donors (Lipinski definition) is 0. The third kappa shape index (κ3) is 4.65. The highest BCUT2D eigenvalue weighted by Crippen LogP contribution is 2.49. The molecule has 1 fully saturated rings. The number of rotatable bonds is 7. The van der Waals surface area contributed by atoms with Gasteiger partial charge in [0.15, 0.2) is 21.2 Å². The van der Waals surface area contributed by atoms with Crippen LogP contribution in [0.4, 0.5) is 0 Å². The number of sulfone groups is 1. The van der Waals surface area contributed by atoms with Gasteiger partial charge in [0.05, 0.1) is 23.6 Å². The van der Waals surface area contributed by atoms with Crippen molar-refractivity contribution in [3.05, 3.63) is 101 Å². The van der Waals surface area contributed by atoms with Crippen molar-refractivity contribution in [2.45, 2.75) is 43.3 Å². The van der Waals surface area contributed by atoms with E-state index >= 15 is 0 Å². The summed E-state index contributed by atoms with van der Waals surface area (Å²) in [5, 5.41) is 0.498. The molecule has 0 unspecified atom stereocenters. The molecular weight excluding hydrogens is 486 g/mol. The Balaban J connectivity index is 1.58. The molecule has 0 spiro atoms. The molecule has 4 aromatic rings. The van der Waals surface area contributed by atoms with Gasteiger partial charge < -0.3 is 9.47 Å². The Kier molecular flexibility index (Phi) is 6.60. The standard InChI is InChI=1S/C30H29NO5S/c1-20-12-15-27(35-3)24(18-20)30(17-16-26(36-30)22-8-5-4-6-9-22)29(32)19-37(33,34)28-11-7-10-25-23(28)14-13-21(2)31-25/h4-15,18,26H,16-17,19H2,1-3H3/t26-,30+/m0/s1. The van der Waals surface area contributed by atoms with Gasteiger partial charge in [-0.2, -0.15) is 0 Å². The summed E-state index contributed by atoms with van der Waals surface area (Å²) in [6.45, 7) is 3.77. The SMILES string of the molecule is COc1ccc(C)cc1[C@@]1(C(=O)CS(=O)(=O)c2cccc3nc(C)ccc23)CC[C@@H](c2ccccc2)O1. The molecule has 0 aliphatic carbocycles. The quantitative estimate of drug-likeness (QED) is 0.316. The van der Waals surface area contributed by atoms with Crippen molar-refractivity contribution in [3.63, 3.8) is 0 Å². The highest BCUT2D eigenvalue weighted by molar-refractivity contribution is 7.92. The summed E-state index contributed by atoms with van der Waals surface area (Å²) in [6, 6.07) is 23.7. The maximum atomic E-state index is 14.1. The minimum atomic E-state index is -4.00. The van der Waals surface area contributed by atoms with Gasteiger partial charge in [-0.25, -0.2) is 8.42 Å². The van der Waals surface area contributed by atoms with E-state index in [-0.39, 0.29) is 11.0 Å². The predicted molar refractivity (Wildman–Crippen MR) is 142 cm³/mol. The molecule has 0 radical (unpaired) electrons. The maximum absolute atomic E-state index is 14.1. The van der Waals surface area contributed by atoms with E-state index in [9.17, 15) is 13.2 Å². The summed E-state index contributed by atoms with van der Waals surface area (Å²) >= 11 is 0. The highest BCUT2D eigenvalue weighted by Gasteiger charge is 2.50. The number of nitrogens with zero attached hydrogens (tertiary/aromatic N) is 1. The number of benzene rings is 3. The van der Waals surface area contributed by atoms with Crippen LogP contribution in [0.1, 0.15) is 41.3 Å².